The molecular weight excluding hydrogens is 758 g/mol. The number of nitrogens with one attached hydrogen (secondary N) is 2. The van der Waals surface area contributed by atoms with E-state index in [0.29, 0.717) is 33.6 Å². The number of alkyl halides is 1. The molecule has 1 saturated heterocycles. The number of amides is 3. The van der Waals surface area contributed by atoms with Crippen molar-refractivity contribution >= 4 is 81.0 Å². The van der Waals surface area contributed by atoms with E-state index in [-0.39, 0.29) is 27.8 Å². The first-order chi connectivity index (χ1) is 22.4. The van der Waals surface area contributed by atoms with Crippen molar-refractivity contribution in [1.82, 2.24) is 19.7 Å². The number of ether oxygens (including phenoxy) is 1. The lowest BCUT2D eigenvalue weighted by Crippen LogP contribution is -2.29. The molecule has 3 amide bonds. The average Bonchev–Trinajstić information content (AvgIpc) is 3.73. The molecule has 46 heavy (non-hydrogen) atoms. The van der Waals surface area contributed by atoms with Gasteiger partial charge in [-0.05, 0) is 66.5 Å². The van der Waals surface area contributed by atoms with Crippen molar-refractivity contribution in [2.45, 2.75) is 50.3 Å². The Kier molecular flexibility index (Phi) is 12.1. The van der Waals surface area contributed by atoms with Crippen LogP contribution in [-0.2, 0) is 16.6 Å². The van der Waals surface area contributed by atoms with Gasteiger partial charge in [0.15, 0.2) is 0 Å². The van der Waals surface area contributed by atoms with Gasteiger partial charge in [0.1, 0.15) is 22.3 Å². The van der Waals surface area contributed by atoms with Gasteiger partial charge >= 0.3 is 6.03 Å². The summed E-state index contributed by atoms with van der Waals surface area (Å²) in [7, 11) is 0. The molecular formula is C33H37Cl2IN6O3S. The molecule has 244 valence electrons. The summed E-state index contributed by atoms with van der Waals surface area (Å²) in [6.07, 6.45) is 5.87. The Morgan fingerprint density at radius 1 is 1.04 bits per heavy atom. The highest BCUT2D eigenvalue weighted by atomic mass is 127. The number of halogens is 3. The van der Waals surface area contributed by atoms with Crippen LogP contribution in [0, 0.1) is 0 Å². The van der Waals surface area contributed by atoms with Gasteiger partial charge in [0, 0.05) is 43.1 Å². The van der Waals surface area contributed by atoms with Gasteiger partial charge in [-0.2, -0.15) is 5.10 Å². The summed E-state index contributed by atoms with van der Waals surface area (Å²) in [5, 5.41) is 10.7. The van der Waals surface area contributed by atoms with Crippen molar-refractivity contribution in [1.29, 1.82) is 0 Å². The zero-order valence-electron chi connectivity index (χ0n) is 27.1. The van der Waals surface area contributed by atoms with Crippen LogP contribution >= 0.6 is 57.6 Å². The highest BCUT2D eigenvalue weighted by Gasteiger charge is 2.23. The van der Waals surface area contributed by atoms with Crippen molar-refractivity contribution in [3.8, 4) is 17.2 Å². The van der Waals surface area contributed by atoms with Crippen LogP contribution in [0.25, 0.3) is 5.69 Å². The predicted octanol–water partition coefficient (Wildman–Crippen LogP) is 9.25. The number of thioether (sulfide) groups is 1. The van der Waals surface area contributed by atoms with Gasteiger partial charge in [-0.1, -0.05) is 66.6 Å². The molecule has 0 unspecified atom stereocenters. The second-order valence-corrected chi connectivity index (χ2v) is 13.1. The highest BCUT2D eigenvalue weighted by Crippen LogP contribution is 2.39. The number of rotatable bonds is 8. The molecule has 0 bridgehead atoms. The average molecular weight is 797 g/mol. The largest absolute Gasteiger partial charge is 0.456 e. The van der Waals surface area contributed by atoms with E-state index >= 15 is 0 Å². The maximum atomic E-state index is 13.1. The van der Waals surface area contributed by atoms with Crippen molar-refractivity contribution in [2.75, 3.05) is 34.9 Å². The number of benzene rings is 2. The van der Waals surface area contributed by atoms with Crippen LogP contribution in [0.2, 0.25) is 10.0 Å². The van der Waals surface area contributed by atoms with Gasteiger partial charge < -0.3 is 15.0 Å². The first-order valence-corrected chi connectivity index (χ1v) is 18.0. The van der Waals surface area contributed by atoms with Crippen molar-refractivity contribution in [3.05, 3.63) is 82.2 Å². The van der Waals surface area contributed by atoms with Crippen LogP contribution in [0.3, 0.4) is 0 Å². The number of urea groups is 1. The molecule has 13 heteroatoms. The van der Waals surface area contributed by atoms with Crippen LogP contribution in [0.5, 0.6) is 11.5 Å². The molecule has 5 rings (SSSR count). The van der Waals surface area contributed by atoms with E-state index in [9.17, 15) is 9.59 Å². The summed E-state index contributed by atoms with van der Waals surface area (Å²) in [5.41, 5.74) is 2.31. The molecule has 3 heterocycles. The zero-order chi connectivity index (χ0) is 34.1. The number of anilines is 2. The Morgan fingerprint density at radius 2 is 1.74 bits per heavy atom. The third-order valence-electron chi connectivity index (χ3n) is 7.14. The summed E-state index contributed by atoms with van der Waals surface area (Å²) >= 11 is 16.7. The van der Waals surface area contributed by atoms with E-state index in [1.165, 1.54) is 0 Å². The Morgan fingerprint density at radius 3 is 2.39 bits per heavy atom. The van der Waals surface area contributed by atoms with Crippen LogP contribution in [0.15, 0.2) is 65.7 Å². The number of aromatic nitrogens is 3. The van der Waals surface area contributed by atoms with Crippen LogP contribution < -0.4 is 15.4 Å². The molecule has 0 atom stereocenters. The minimum absolute atomic E-state index is 0.0492. The van der Waals surface area contributed by atoms with E-state index in [1.54, 1.807) is 46.9 Å². The molecule has 4 aromatic rings. The minimum atomic E-state index is -0.513. The monoisotopic (exact) mass is 795 g/mol. The molecule has 0 aliphatic carbocycles. The third-order valence-corrected chi connectivity index (χ3v) is 8.75. The Bertz CT molecular complexity index is 1690. The molecule has 2 aromatic carbocycles. The Hall–Kier alpha value is -3.00. The molecule has 0 spiro atoms. The first kappa shape index (κ1) is 34.3. The number of hydrogen-bond acceptors (Lipinski definition) is 6. The third kappa shape index (κ3) is 9.08. The van der Waals surface area contributed by atoms with E-state index in [2.05, 4.69) is 36.4 Å². The van der Waals surface area contributed by atoms with Gasteiger partial charge in [-0.15, -0.1) is 11.8 Å². The number of carbonyl (C=O) groups excluding carboxylic acids is 2. The van der Waals surface area contributed by atoms with Gasteiger partial charge in [-0.25, -0.2) is 9.48 Å². The van der Waals surface area contributed by atoms with Crippen molar-refractivity contribution in [2.24, 2.45) is 0 Å². The fourth-order valence-electron chi connectivity index (χ4n) is 4.71. The maximum absolute atomic E-state index is 13.1. The summed E-state index contributed by atoms with van der Waals surface area (Å²) in [4.78, 5) is 33.5. The Balaban J connectivity index is 0.00000160. The predicted molar refractivity (Wildman–Crippen MR) is 197 cm³/mol. The topological polar surface area (TPSA) is 101 Å². The lowest BCUT2D eigenvalue weighted by molar-refractivity contribution is -0.129. The number of likely N-dealkylation sites (tertiary alicyclic amines) is 1. The SMILES string of the molecule is CSc1ccc(-n2nc(C(C)(C)C)cc2NC(=O)Nc2ccc(Oc3ccnc(CC(=O)N4CCCC4)c3)c(Cl)c2Cl)cc1.[2H]CI. The molecule has 2 aromatic heterocycles. The van der Waals surface area contributed by atoms with Crippen LogP contribution in [0.4, 0.5) is 16.3 Å². The quantitative estimate of drug-likeness (QED) is 0.105. The molecule has 2 N–H and O–H groups in total. The Labute approximate surface area is 299 Å². The summed E-state index contributed by atoms with van der Waals surface area (Å²) in [5.74, 6) is 1.32. The summed E-state index contributed by atoms with van der Waals surface area (Å²) < 4.78 is 13.9. The standard InChI is InChI=1S/C32H34Cl2N6O3S.CH3I/c1-32(2,3)26-19-27(40(38-26)21-7-9-23(44-4)10-8-21)37-31(42)36-24-11-12-25(30(34)29(24)33)43-22-13-14-35-20(17-22)18-28(41)39-15-5-6-16-39;1-2/h7-14,17,19H,5-6,15-16,18H2,1-4H3,(H2,36,37,42);1H3/i;1D. The number of pyridine rings is 1. The van der Waals surface area contributed by atoms with E-state index in [4.69, 9.17) is 34.4 Å². The van der Waals surface area contributed by atoms with Crippen LogP contribution in [-0.4, -0.2) is 55.9 Å². The van der Waals surface area contributed by atoms with Crippen LogP contribution in [0.1, 0.15) is 46.4 Å². The fraction of sp³-hybridized carbons (Fsp3) is 0.333. The maximum Gasteiger partial charge on any atom is 0.324 e. The van der Waals surface area contributed by atoms with Gasteiger partial charge in [0.25, 0.3) is 0 Å². The highest BCUT2D eigenvalue weighted by molar-refractivity contribution is 14.1. The van der Waals surface area contributed by atoms with E-state index < -0.39 is 6.03 Å². The molecule has 0 radical (unpaired) electrons. The number of hydrogen-bond donors (Lipinski definition) is 2. The zero-order valence-corrected chi connectivity index (χ0v) is 30.6. The molecule has 1 aliphatic rings. The van der Waals surface area contributed by atoms with E-state index in [0.717, 1.165) is 42.2 Å². The lowest BCUT2D eigenvalue weighted by atomic mass is 9.92. The van der Waals surface area contributed by atoms with Crippen molar-refractivity contribution < 1.29 is 15.7 Å². The van der Waals surface area contributed by atoms with Gasteiger partial charge in [0.2, 0.25) is 5.91 Å². The smallest absolute Gasteiger partial charge is 0.324 e. The second-order valence-electron chi connectivity index (χ2n) is 11.4. The summed E-state index contributed by atoms with van der Waals surface area (Å²) in [6, 6.07) is 15.9. The van der Waals surface area contributed by atoms with Gasteiger partial charge in [-0.3, -0.25) is 15.1 Å². The molecule has 0 saturated carbocycles. The van der Waals surface area contributed by atoms with Gasteiger partial charge in [0.05, 0.1) is 34.2 Å². The number of nitrogens with zero attached hydrogens (tertiary/aromatic N) is 4. The molecule has 1 fully saturated rings. The number of carbonyl (C=O) groups is 2. The lowest BCUT2D eigenvalue weighted by Gasteiger charge is -2.15. The fourth-order valence-corrected chi connectivity index (χ4v) is 5.53. The second kappa shape index (κ2) is 16.2. The summed E-state index contributed by atoms with van der Waals surface area (Å²) in [6.45, 7) is 7.76. The minimum Gasteiger partial charge on any atom is -0.456 e. The molecule has 9 nitrogen and oxygen atoms in total. The first-order valence-electron chi connectivity index (χ1n) is 15.2. The molecule has 1 aliphatic heterocycles. The van der Waals surface area contributed by atoms with E-state index in [1.807, 2.05) is 64.1 Å². The van der Waals surface area contributed by atoms with Crippen molar-refractivity contribution in [3.63, 3.8) is 0 Å². The normalized spacial score (nSPS) is 13.0.